The number of fused-ring (bicyclic) bond motifs is 1. The smallest absolute Gasteiger partial charge is 0.319 e. The van der Waals surface area contributed by atoms with Gasteiger partial charge in [-0.2, -0.15) is 0 Å². The number of nitrogens with zero attached hydrogens (tertiary/aromatic N) is 2. The number of hydrogen-bond acceptors (Lipinski definition) is 14. The van der Waals surface area contributed by atoms with Crippen LogP contribution in [0.15, 0.2) is 109 Å². The standard InChI is InChI=1S/C52H55N11O13/c53-22-41(63-46(68)18-19-47(63)69)49(71)56-24-43(65)54-26-45(67)60-39(21-31-4-2-1-3-5-31)48(70)55-25-44(66)58-30-75-28-32-6-8-33(9-7-32)29-76-37-13-11-36(12-14-37)59-52(74)57-23-34-10-15-38-35(20-34)27-62(51(38)73)40-16-17-42(64)61-50(40)72/h1-15,18-20,39-41H,16-17,21-30,53H2,(H,54,65)(H,55,70)(H,56,71)(H,58,66)(H,60,67)(H2,57,59,74)(H,61,64,72)/t39-,40?,41?/m0/s1. The molecule has 0 radical (unpaired) electrons. The third kappa shape index (κ3) is 15.1. The molecule has 24 nitrogen and oxygen atoms in total. The molecule has 10 N–H and O–H groups in total. The van der Waals surface area contributed by atoms with E-state index in [2.05, 4.69) is 42.5 Å². The van der Waals surface area contributed by atoms with Gasteiger partial charge in [0.15, 0.2) is 0 Å². The van der Waals surface area contributed by atoms with E-state index >= 15 is 0 Å². The minimum absolute atomic E-state index is 0.0558. The van der Waals surface area contributed by atoms with E-state index in [4.69, 9.17) is 15.2 Å². The van der Waals surface area contributed by atoms with Crippen molar-refractivity contribution in [3.63, 3.8) is 0 Å². The zero-order chi connectivity index (χ0) is 54.1. The number of carbonyl (C=O) groups excluding carboxylic acids is 11. The number of ether oxygens (including phenoxy) is 2. The second kappa shape index (κ2) is 26.1. The second-order valence-electron chi connectivity index (χ2n) is 17.6. The van der Waals surface area contributed by atoms with Crippen LogP contribution in [0, 0.1) is 0 Å². The molecule has 3 atom stereocenters. The lowest BCUT2D eigenvalue weighted by Crippen LogP contribution is -2.55. The Labute approximate surface area is 434 Å². The van der Waals surface area contributed by atoms with Crippen LogP contribution < -0.4 is 53.0 Å². The third-order valence-corrected chi connectivity index (χ3v) is 12.1. The Kier molecular flexibility index (Phi) is 18.7. The molecular weight excluding hydrogens is 987 g/mol. The van der Waals surface area contributed by atoms with Crippen molar-refractivity contribution in [2.24, 2.45) is 5.73 Å². The van der Waals surface area contributed by atoms with Crippen molar-refractivity contribution in [2.75, 3.05) is 38.2 Å². The van der Waals surface area contributed by atoms with Gasteiger partial charge in [-0.1, -0.05) is 66.7 Å². The lowest BCUT2D eigenvalue weighted by molar-refractivity contribution is -0.145. The predicted octanol–water partition coefficient (Wildman–Crippen LogP) is -0.733. The SMILES string of the molecule is NCC(C(=O)NCC(=O)NCC(=O)N[C@@H](Cc1ccccc1)C(=O)NCC(=O)NCOCc1ccc(COc2ccc(NC(=O)NCc3ccc4c(c3)CN(C3CCC(=O)NC3=O)C4=O)cc2)cc1)N1C(=O)C=CC1=O. The fourth-order valence-electron chi connectivity index (χ4n) is 8.16. The van der Waals surface area contributed by atoms with Gasteiger partial charge < -0.3 is 57.3 Å². The Morgan fingerprint density at radius 2 is 1.33 bits per heavy atom. The highest BCUT2D eigenvalue weighted by Crippen LogP contribution is 2.28. The summed E-state index contributed by atoms with van der Waals surface area (Å²) in [5.74, 6) is -5.57. The number of rotatable bonds is 24. The lowest BCUT2D eigenvalue weighted by atomic mass is 10.0. The van der Waals surface area contributed by atoms with Crippen LogP contribution in [-0.4, -0.2) is 126 Å². The zero-order valence-electron chi connectivity index (χ0n) is 40.9. The molecule has 0 spiro atoms. The highest BCUT2D eigenvalue weighted by atomic mass is 16.5. The fourth-order valence-corrected chi connectivity index (χ4v) is 8.16. The molecule has 4 aromatic rings. The minimum atomic E-state index is -1.34. The average Bonchev–Trinajstić information content (AvgIpc) is 3.93. The van der Waals surface area contributed by atoms with Gasteiger partial charge in [-0.05, 0) is 64.6 Å². The van der Waals surface area contributed by atoms with Crippen molar-refractivity contribution in [1.29, 1.82) is 0 Å². The number of carbonyl (C=O) groups is 11. The van der Waals surface area contributed by atoms with Gasteiger partial charge >= 0.3 is 6.03 Å². The molecular formula is C52H55N11O13. The number of urea groups is 1. The fraction of sp³-hybridized carbons (Fsp3) is 0.288. The highest BCUT2D eigenvalue weighted by Gasteiger charge is 2.39. The number of piperidine rings is 1. The van der Waals surface area contributed by atoms with Crippen molar-refractivity contribution in [3.05, 3.63) is 143 Å². The van der Waals surface area contributed by atoms with Gasteiger partial charge in [0, 0.05) is 55.9 Å². The second-order valence-corrected chi connectivity index (χ2v) is 17.6. The highest BCUT2D eigenvalue weighted by molar-refractivity contribution is 6.15. The van der Waals surface area contributed by atoms with Crippen molar-refractivity contribution < 1.29 is 62.2 Å². The molecule has 1 fully saturated rings. The number of imide groups is 2. The van der Waals surface area contributed by atoms with Gasteiger partial charge in [-0.3, -0.25) is 58.2 Å². The summed E-state index contributed by atoms with van der Waals surface area (Å²) in [6.45, 7) is -1.31. The molecule has 3 aliphatic rings. The monoisotopic (exact) mass is 1040 g/mol. The summed E-state index contributed by atoms with van der Waals surface area (Å²) in [7, 11) is 0. The largest absolute Gasteiger partial charge is 0.489 e. The Bertz CT molecular complexity index is 2880. The molecule has 2 unspecified atom stereocenters. The molecule has 7 rings (SSSR count). The molecule has 3 aliphatic heterocycles. The number of nitrogens with one attached hydrogen (secondary N) is 8. The number of anilines is 1. The predicted molar refractivity (Wildman–Crippen MR) is 268 cm³/mol. The maximum atomic E-state index is 13.2. The minimum Gasteiger partial charge on any atom is -0.489 e. The van der Waals surface area contributed by atoms with Crippen LogP contribution in [0.1, 0.15) is 51.0 Å². The number of benzene rings is 4. The summed E-state index contributed by atoms with van der Waals surface area (Å²) in [6.07, 6.45) is 2.49. The van der Waals surface area contributed by atoms with E-state index in [1.165, 1.54) is 4.90 Å². The van der Waals surface area contributed by atoms with Crippen LogP contribution in [0.2, 0.25) is 0 Å². The van der Waals surface area contributed by atoms with Crippen molar-refractivity contribution in [1.82, 2.24) is 47.0 Å². The average molecular weight is 1040 g/mol. The summed E-state index contributed by atoms with van der Waals surface area (Å²) in [4.78, 5) is 139. The van der Waals surface area contributed by atoms with E-state index in [-0.39, 0.29) is 70.7 Å². The van der Waals surface area contributed by atoms with E-state index in [1.54, 1.807) is 66.7 Å². The first-order chi connectivity index (χ1) is 36.6. The molecule has 24 heteroatoms. The Morgan fingerprint density at radius 1 is 0.684 bits per heavy atom. The van der Waals surface area contributed by atoms with Gasteiger partial charge in [-0.25, -0.2) is 4.79 Å². The Morgan fingerprint density at radius 3 is 2.01 bits per heavy atom. The summed E-state index contributed by atoms with van der Waals surface area (Å²) < 4.78 is 11.5. The van der Waals surface area contributed by atoms with Crippen molar-refractivity contribution >= 4 is 70.8 Å². The third-order valence-electron chi connectivity index (χ3n) is 12.1. The van der Waals surface area contributed by atoms with Crippen LogP contribution in [0.3, 0.4) is 0 Å². The zero-order valence-corrected chi connectivity index (χ0v) is 40.9. The Balaban J connectivity index is 0.761. The maximum absolute atomic E-state index is 13.2. The number of hydrogen-bond donors (Lipinski definition) is 9. The van der Waals surface area contributed by atoms with Gasteiger partial charge in [0.25, 0.3) is 17.7 Å². The van der Waals surface area contributed by atoms with Crippen LogP contribution in [0.5, 0.6) is 5.75 Å². The van der Waals surface area contributed by atoms with E-state index in [1.807, 2.05) is 30.3 Å². The first-order valence-corrected chi connectivity index (χ1v) is 24.0. The van der Waals surface area contributed by atoms with E-state index in [9.17, 15) is 52.7 Å². The van der Waals surface area contributed by atoms with Gasteiger partial charge in [0.2, 0.25) is 41.4 Å². The first-order valence-electron chi connectivity index (χ1n) is 24.0. The number of amides is 12. The summed E-state index contributed by atoms with van der Waals surface area (Å²) >= 11 is 0. The normalized spacial score (nSPS) is 15.5. The Hall–Kier alpha value is -9.29. The quantitative estimate of drug-likeness (QED) is 0.0238. The van der Waals surface area contributed by atoms with Gasteiger partial charge in [-0.15, -0.1) is 0 Å². The molecule has 0 aromatic heterocycles. The maximum Gasteiger partial charge on any atom is 0.319 e. The van der Waals surface area contributed by atoms with Crippen molar-refractivity contribution in [3.8, 4) is 5.75 Å². The molecule has 1 saturated heterocycles. The molecule has 0 aliphatic carbocycles. The topological polar surface area (TPSA) is 335 Å². The van der Waals surface area contributed by atoms with Gasteiger partial charge in [0.1, 0.15) is 37.2 Å². The molecule has 396 valence electrons. The van der Waals surface area contributed by atoms with E-state index in [0.29, 0.717) is 27.5 Å². The molecule has 3 heterocycles. The molecule has 0 bridgehead atoms. The molecule has 4 aromatic carbocycles. The van der Waals surface area contributed by atoms with E-state index in [0.717, 1.165) is 34.4 Å². The molecule has 0 saturated carbocycles. The van der Waals surface area contributed by atoms with E-state index < -0.39 is 91.0 Å². The summed E-state index contributed by atoms with van der Waals surface area (Å²) in [5.41, 5.74) is 10.5. The number of nitrogens with two attached hydrogens (primary N) is 1. The first kappa shape index (κ1) is 54.5. The van der Waals surface area contributed by atoms with Crippen LogP contribution in [-0.2, 0) is 80.6 Å². The summed E-state index contributed by atoms with van der Waals surface area (Å²) in [5, 5.41) is 20.1. The molecule has 76 heavy (non-hydrogen) atoms. The molecule has 12 amide bonds. The van der Waals surface area contributed by atoms with Crippen LogP contribution >= 0.6 is 0 Å². The lowest BCUT2D eigenvalue weighted by Gasteiger charge is -2.29. The summed E-state index contributed by atoms with van der Waals surface area (Å²) in [6, 6.07) is 24.6. The van der Waals surface area contributed by atoms with Crippen LogP contribution in [0.4, 0.5) is 10.5 Å². The van der Waals surface area contributed by atoms with Crippen molar-refractivity contribution in [2.45, 2.75) is 63.7 Å². The van der Waals surface area contributed by atoms with Gasteiger partial charge in [0.05, 0.1) is 26.2 Å². The van der Waals surface area contributed by atoms with Crippen LogP contribution in [0.25, 0.3) is 0 Å².